The summed E-state index contributed by atoms with van der Waals surface area (Å²) < 4.78 is 12.8. The van der Waals surface area contributed by atoms with Gasteiger partial charge in [-0.1, -0.05) is 41.4 Å². The van der Waals surface area contributed by atoms with Crippen LogP contribution in [0.25, 0.3) is 0 Å². The summed E-state index contributed by atoms with van der Waals surface area (Å²) in [6.45, 7) is 2.11. The number of hydrogen-bond acceptors (Lipinski definition) is 4. The van der Waals surface area contributed by atoms with Crippen molar-refractivity contribution in [2.24, 2.45) is 0 Å². The first-order valence-electron chi connectivity index (χ1n) is 6.49. The van der Waals surface area contributed by atoms with Gasteiger partial charge in [0.1, 0.15) is 21.7 Å². The minimum Gasteiger partial charge on any atom is -0.491 e. The van der Waals surface area contributed by atoms with E-state index in [1.807, 2.05) is 30.3 Å². The third-order valence-corrected chi connectivity index (χ3v) is 4.56. The first kappa shape index (κ1) is 16.4. The predicted molar refractivity (Wildman–Crippen MR) is 86.0 cm³/mol. The molecule has 0 aliphatic carbocycles. The van der Waals surface area contributed by atoms with E-state index in [2.05, 4.69) is 0 Å². The maximum atomic E-state index is 11.6. The van der Waals surface area contributed by atoms with Crippen molar-refractivity contribution in [1.29, 1.82) is 0 Å². The molecule has 21 heavy (non-hydrogen) atoms. The number of halogens is 2. The molecule has 2 rings (SSSR count). The quantitative estimate of drug-likeness (QED) is 0.683. The molecule has 0 aliphatic heterocycles. The van der Waals surface area contributed by atoms with Gasteiger partial charge in [-0.2, -0.15) is 0 Å². The fourth-order valence-corrected chi connectivity index (χ4v) is 3.01. The van der Waals surface area contributed by atoms with Crippen LogP contribution in [0.4, 0.5) is 0 Å². The van der Waals surface area contributed by atoms with Crippen LogP contribution in [0.15, 0.2) is 35.1 Å². The molecule has 7 heteroatoms. The van der Waals surface area contributed by atoms with Crippen molar-refractivity contribution in [3.05, 3.63) is 50.0 Å². The van der Waals surface area contributed by atoms with Gasteiger partial charge in [0.15, 0.2) is 0 Å². The molecule has 1 heterocycles. The lowest BCUT2D eigenvalue weighted by Crippen LogP contribution is -2.15. The SMILES string of the molecule is O=c1c(Cl)c(Cl)sn1CCCOCCOc1ccccc1. The molecule has 0 bridgehead atoms. The molecule has 0 unspecified atom stereocenters. The van der Waals surface area contributed by atoms with E-state index in [1.165, 1.54) is 3.96 Å². The second-order valence-electron chi connectivity index (χ2n) is 4.21. The molecule has 4 nitrogen and oxygen atoms in total. The van der Waals surface area contributed by atoms with E-state index < -0.39 is 0 Å². The minimum atomic E-state index is -0.237. The zero-order valence-electron chi connectivity index (χ0n) is 11.3. The van der Waals surface area contributed by atoms with Crippen LogP contribution in [0.5, 0.6) is 5.75 Å². The maximum Gasteiger partial charge on any atom is 0.280 e. The fraction of sp³-hybridized carbons (Fsp3) is 0.357. The highest BCUT2D eigenvalue weighted by Gasteiger charge is 2.10. The summed E-state index contributed by atoms with van der Waals surface area (Å²) in [5.41, 5.74) is -0.237. The van der Waals surface area contributed by atoms with Crippen molar-refractivity contribution in [3.63, 3.8) is 0 Å². The smallest absolute Gasteiger partial charge is 0.280 e. The highest BCUT2D eigenvalue weighted by atomic mass is 35.5. The summed E-state index contributed by atoms with van der Waals surface area (Å²) in [6, 6.07) is 9.58. The Morgan fingerprint density at radius 3 is 2.52 bits per heavy atom. The van der Waals surface area contributed by atoms with Gasteiger partial charge in [0.2, 0.25) is 0 Å². The Morgan fingerprint density at radius 1 is 1.10 bits per heavy atom. The van der Waals surface area contributed by atoms with Crippen LogP contribution in [-0.4, -0.2) is 23.8 Å². The Bertz CT molecular complexity index is 612. The van der Waals surface area contributed by atoms with Crippen molar-refractivity contribution in [2.75, 3.05) is 19.8 Å². The van der Waals surface area contributed by atoms with Gasteiger partial charge in [0.05, 0.1) is 6.61 Å². The van der Waals surface area contributed by atoms with Crippen molar-refractivity contribution >= 4 is 34.7 Å². The van der Waals surface area contributed by atoms with Crippen molar-refractivity contribution in [3.8, 4) is 5.75 Å². The summed E-state index contributed by atoms with van der Waals surface area (Å²) in [7, 11) is 0. The van der Waals surface area contributed by atoms with Gasteiger partial charge in [-0.15, -0.1) is 0 Å². The van der Waals surface area contributed by atoms with Crippen molar-refractivity contribution in [2.45, 2.75) is 13.0 Å². The Kier molecular flexibility index (Phi) is 6.57. The number of rotatable bonds is 8. The Hall–Kier alpha value is -1.01. The summed E-state index contributed by atoms with van der Waals surface area (Å²) in [5.74, 6) is 0.829. The third kappa shape index (κ3) is 5.04. The zero-order chi connectivity index (χ0) is 15.1. The van der Waals surface area contributed by atoms with Gasteiger partial charge in [-0.25, -0.2) is 0 Å². The molecular formula is C14H15Cl2NO3S. The number of nitrogens with zero attached hydrogens (tertiary/aromatic N) is 1. The highest BCUT2D eigenvalue weighted by Crippen LogP contribution is 2.23. The maximum absolute atomic E-state index is 11.6. The number of ether oxygens (including phenoxy) is 2. The van der Waals surface area contributed by atoms with Crippen molar-refractivity contribution in [1.82, 2.24) is 3.96 Å². The monoisotopic (exact) mass is 347 g/mol. The second-order valence-corrected chi connectivity index (χ2v) is 6.23. The van der Waals surface area contributed by atoms with Gasteiger partial charge in [0.25, 0.3) is 5.56 Å². The van der Waals surface area contributed by atoms with E-state index in [0.717, 1.165) is 23.7 Å². The number of hydrogen-bond donors (Lipinski definition) is 0. The van der Waals surface area contributed by atoms with Crippen LogP contribution in [0, 0.1) is 0 Å². The zero-order valence-corrected chi connectivity index (χ0v) is 13.6. The number of aryl methyl sites for hydroxylation is 1. The van der Waals surface area contributed by atoms with Gasteiger partial charge >= 0.3 is 0 Å². The van der Waals surface area contributed by atoms with Gasteiger partial charge < -0.3 is 9.47 Å². The molecule has 0 atom stereocenters. The molecular weight excluding hydrogens is 333 g/mol. The van der Waals surface area contributed by atoms with Gasteiger partial charge in [-0.3, -0.25) is 8.75 Å². The van der Waals surface area contributed by atoms with Gasteiger partial charge in [-0.05, 0) is 30.1 Å². The topological polar surface area (TPSA) is 40.5 Å². The van der Waals surface area contributed by atoms with E-state index >= 15 is 0 Å². The number of para-hydroxylation sites is 1. The second kappa shape index (κ2) is 8.44. The highest BCUT2D eigenvalue weighted by molar-refractivity contribution is 7.11. The van der Waals surface area contributed by atoms with Crippen LogP contribution in [-0.2, 0) is 11.3 Å². The lowest BCUT2D eigenvalue weighted by Gasteiger charge is -2.07. The lowest BCUT2D eigenvalue weighted by atomic mass is 10.3. The standard InChI is InChI=1S/C14H15Cl2NO3S/c15-12-13(16)21-17(14(12)18)7-4-8-19-9-10-20-11-5-2-1-3-6-11/h1-3,5-6H,4,7-10H2. The van der Waals surface area contributed by atoms with Crippen LogP contribution in [0.1, 0.15) is 6.42 Å². The fourth-order valence-electron chi connectivity index (χ4n) is 1.67. The first-order valence-corrected chi connectivity index (χ1v) is 8.02. The molecule has 114 valence electrons. The predicted octanol–water partition coefficient (Wildman–Crippen LogP) is 3.70. The molecule has 0 saturated carbocycles. The molecule has 2 aromatic rings. The molecule has 0 N–H and O–H groups in total. The Labute approximate surface area is 137 Å². The number of benzene rings is 1. The van der Waals surface area contributed by atoms with E-state index in [-0.39, 0.29) is 10.6 Å². The van der Waals surface area contributed by atoms with E-state index in [0.29, 0.717) is 30.7 Å². The van der Waals surface area contributed by atoms with Crippen LogP contribution in [0.2, 0.25) is 9.36 Å². The third-order valence-electron chi connectivity index (χ3n) is 2.67. The Balaban J connectivity index is 1.58. The Morgan fingerprint density at radius 2 is 1.86 bits per heavy atom. The molecule has 0 fully saturated rings. The minimum absolute atomic E-state index is 0.0962. The van der Waals surface area contributed by atoms with E-state index in [9.17, 15) is 4.79 Å². The van der Waals surface area contributed by atoms with Crippen LogP contribution >= 0.6 is 34.7 Å². The molecule has 0 spiro atoms. The molecule has 0 amide bonds. The summed E-state index contributed by atoms with van der Waals surface area (Å²) in [5, 5.41) is 0.0962. The largest absolute Gasteiger partial charge is 0.491 e. The van der Waals surface area contributed by atoms with Gasteiger partial charge in [0, 0.05) is 13.2 Å². The number of aromatic nitrogens is 1. The lowest BCUT2D eigenvalue weighted by molar-refractivity contribution is 0.0966. The summed E-state index contributed by atoms with van der Waals surface area (Å²) in [6.07, 6.45) is 0.721. The summed E-state index contributed by atoms with van der Waals surface area (Å²) >= 11 is 12.7. The normalized spacial score (nSPS) is 10.8. The van der Waals surface area contributed by atoms with Crippen LogP contribution in [0.3, 0.4) is 0 Å². The molecule has 1 aromatic carbocycles. The molecule has 0 saturated heterocycles. The molecule has 0 radical (unpaired) electrons. The van der Waals surface area contributed by atoms with E-state index in [1.54, 1.807) is 0 Å². The first-order chi connectivity index (χ1) is 10.2. The van der Waals surface area contributed by atoms with Crippen LogP contribution < -0.4 is 10.3 Å². The average Bonchev–Trinajstić information content (AvgIpc) is 2.75. The van der Waals surface area contributed by atoms with Crippen molar-refractivity contribution < 1.29 is 9.47 Å². The molecule has 1 aromatic heterocycles. The van der Waals surface area contributed by atoms with E-state index in [4.69, 9.17) is 32.7 Å². The average molecular weight is 348 g/mol. The summed E-state index contributed by atoms with van der Waals surface area (Å²) in [4.78, 5) is 11.6. The molecule has 0 aliphatic rings.